The number of hydrogen-bond acceptors (Lipinski definition) is 5. The Kier molecular flexibility index (Phi) is 3.83. The molecule has 1 N–H and O–H groups in total. The molecule has 6 nitrogen and oxygen atoms in total. The van der Waals surface area contributed by atoms with Gasteiger partial charge >= 0.3 is 0 Å². The molecule has 2 unspecified atom stereocenters. The van der Waals surface area contributed by atoms with Crippen molar-refractivity contribution in [1.82, 2.24) is 14.9 Å². The summed E-state index contributed by atoms with van der Waals surface area (Å²) in [6, 6.07) is 0. The number of rotatable bonds is 4. The summed E-state index contributed by atoms with van der Waals surface area (Å²) in [6.07, 6.45) is 4.74. The van der Waals surface area contributed by atoms with Crippen LogP contribution in [0.15, 0.2) is 12.5 Å². The number of aromatic nitrogens is 2. The van der Waals surface area contributed by atoms with E-state index in [4.69, 9.17) is 14.2 Å². The molecule has 3 rings (SSSR count). The van der Waals surface area contributed by atoms with Crippen LogP contribution >= 0.6 is 0 Å². The topological polar surface area (TPSA) is 57.5 Å². The lowest BCUT2D eigenvalue weighted by Gasteiger charge is -2.29. The van der Waals surface area contributed by atoms with Gasteiger partial charge in [0.15, 0.2) is 0 Å². The van der Waals surface area contributed by atoms with Gasteiger partial charge in [0.25, 0.3) is 0 Å². The van der Waals surface area contributed by atoms with Crippen molar-refractivity contribution in [3.05, 3.63) is 18.2 Å². The molecule has 2 atom stereocenters. The second-order valence-corrected chi connectivity index (χ2v) is 5.20. The highest BCUT2D eigenvalue weighted by molar-refractivity contribution is 5.06. The third-order valence-electron chi connectivity index (χ3n) is 3.96. The van der Waals surface area contributed by atoms with Gasteiger partial charge in [0, 0.05) is 33.2 Å². The summed E-state index contributed by atoms with van der Waals surface area (Å²) in [6.45, 7) is 4.67. The van der Waals surface area contributed by atoms with E-state index in [2.05, 4.69) is 14.9 Å². The minimum absolute atomic E-state index is 0.0764. The Morgan fingerprint density at radius 2 is 2.53 bits per heavy atom. The molecule has 19 heavy (non-hydrogen) atoms. The minimum atomic E-state index is -0.225. The van der Waals surface area contributed by atoms with E-state index in [1.807, 2.05) is 12.5 Å². The van der Waals surface area contributed by atoms with Gasteiger partial charge in [0.1, 0.15) is 11.7 Å². The van der Waals surface area contributed by atoms with Gasteiger partial charge in [-0.15, -0.1) is 0 Å². The van der Waals surface area contributed by atoms with Crippen LogP contribution in [0.1, 0.15) is 18.2 Å². The predicted octanol–water partition coefficient (Wildman–Crippen LogP) is 0.350. The molecule has 1 aromatic rings. The van der Waals surface area contributed by atoms with E-state index in [1.165, 1.54) is 0 Å². The first kappa shape index (κ1) is 13.1. The highest BCUT2D eigenvalue weighted by Crippen LogP contribution is 2.27. The van der Waals surface area contributed by atoms with Crippen molar-refractivity contribution in [1.29, 1.82) is 0 Å². The molecule has 0 saturated carbocycles. The fourth-order valence-electron chi connectivity index (χ4n) is 2.74. The fraction of sp³-hybridized carbons (Fsp3) is 0.769. The van der Waals surface area contributed by atoms with Gasteiger partial charge in [0.05, 0.1) is 38.0 Å². The molecular weight excluding hydrogens is 246 g/mol. The first-order valence-corrected chi connectivity index (χ1v) is 6.78. The maximum Gasteiger partial charge on any atom is 0.111 e. The van der Waals surface area contributed by atoms with Crippen molar-refractivity contribution >= 4 is 0 Å². The van der Waals surface area contributed by atoms with E-state index in [9.17, 15) is 0 Å². The lowest BCUT2D eigenvalue weighted by molar-refractivity contribution is -0.0332. The largest absolute Gasteiger partial charge is 0.378 e. The third kappa shape index (κ3) is 2.67. The van der Waals surface area contributed by atoms with E-state index in [0.29, 0.717) is 6.61 Å². The number of imidazole rings is 1. The van der Waals surface area contributed by atoms with Crippen LogP contribution in [0.4, 0.5) is 0 Å². The summed E-state index contributed by atoms with van der Waals surface area (Å²) in [5.74, 6) is 0. The van der Waals surface area contributed by atoms with E-state index < -0.39 is 0 Å². The van der Waals surface area contributed by atoms with Crippen molar-refractivity contribution in [2.24, 2.45) is 0 Å². The Morgan fingerprint density at radius 3 is 3.21 bits per heavy atom. The van der Waals surface area contributed by atoms with Crippen LogP contribution in [0.2, 0.25) is 0 Å². The Morgan fingerprint density at radius 1 is 1.58 bits per heavy atom. The number of ether oxygens (including phenoxy) is 3. The Balaban J connectivity index is 1.75. The maximum atomic E-state index is 5.80. The van der Waals surface area contributed by atoms with Crippen LogP contribution in [0.25, 0.3) is 0 Å². The number of nitrogens with zero attached hydrogens (tertiary/aromatic N) is 2. The van der Waals surface area contributed by atoms with Crippen LogP contribution in [0.3, 0.4) is 0 Å². The number of morpholine rings is 1. The van der Waals surface area contributed by atoms with Gasteiger partial charge in [-0.25, -0.2) is 4.98 Å². The van der Waals surface area contributed by atoms with Gasteiger partial charge in [-0.05, 0) is 0 Å². The van der Waals surface area contributed by atoms with Crippen LogP contribution in [0.5, 0.6) is 0 Å². The van der Waals surface area contributed by atoms with Crippen molar-refractivity contribution in [3.8, 4) is 0 Å². The van der Waals surface area contributed by atoms with E-state index in [-0.39, 0.29) is 11.7 Å². The standard InChI is InChI=1S/C13H21N3O3/c1-17-13(2-4-18-9-13)8-16-10-15-6-11(16)12-7-14-3-5-19-12/h6,10,12,14H,2-5,7-9H2,1H3. The first-order chi connectivity index (χ1) is 9.33. The zero-order chi connectivity index (χ0) is 13.1. The predicted molar refractivity (Wildman–Crippen MR) is 69.0 cm³/mol. The second kappa shape index (κ2) is 5.58. The molecule has 2 aliphatic heterocycles. The zero-order valence-electron chi connectivity index (χ0n) is 11.3. The Bertz CT molecular complexity index is 409. The average molecular weight is 267 g/mol. The number of methoxy groups -OCH3 is 1. The van der Waals surface area contributed by atoms with Gasteiger partial charge in [-0.1, -0.05) is 0 Å². The third-order valence-corrected chi connectivity index (χ3v) is 3.96. The highest BCUT2D eigenvalue weighted by atomic mass is 16.5. The lowest BCUT2D eigenvalue weighted by Crippen LogP contribution is -2.39. The molecule has 0 spiro atoms. The molecule has 106 valence electrons. The van der Waals surface area contributed by atoms with Crippen molar-refractivity contribution in [3.63, 3.8) is 0 Å². The molecular formula is C13H21N3O3. The summed E-state index contributed by atoms with van der Waals surface area (Å²) < 4.78 is 19.1. The van der Waals surface area contributed by atoms with Gasteiger partial charge < -0.3 is 24.1 Å². The SMILES string of the molecule is COC1(Cn2cncc2C2CNCCO2)CCOC1. The monoisotopic (exact) mass is 267 g/mol. The molecule has 1 aromatic heterocycles. The first-order valence-electron chi connectivity index (χ1n) is 6.78. The van der Waals surface area contributed by atoms with Crippen LogP contribution in [0, 0.1) is 0 Å². The molecule has 0 aliphatic carbocycles. The smallest absolute Gasteiger partial charge is 0.111 e. The fourth-order valence-corrected chi connectivity index (χ4v) is 2.74. The quantitative estimate of drug-likeness (QED) is 0.853. The highest BCUT2D eigenvalue weighted by Gasteiger charge is 2.36. The van der Waals surface area contributed by atoms with Crippen molar-refractivity contribution < 1.29 is 14.2 Å². The van der Waals surface area contributed by atoms with Gasteiger partial charge in [0.2, 0.25) is 0 Å². The summed E-state index contributed by atoms with van der Waals surface area (Å²) in [5, 5.41) is 3.35. The van der Waals surface area contributed by atoms with Gasteiger partial charge in [-0.3, -0.25) is 0 Å². The molecule has 3 heterocycles. The lowest BCUT2D eigenvalue weighted by atomic mass is 10.0. The number of nitrogens with one attached hydrogen (secondary N) is 1. The molecule has 2 saturated heterocycles. The molecule has 0 radical (unpaired) electrons. The molecule has 6 heteroatoms. The zero-order valence-corrected chi connectivity index (χ0v) is 11.3. The second-order valence-electron chi connectivity index (χ2n) is 5.20. The molecule has 0 aromatic carbocycles. The van der Waals surface area contributed by atoms with E-state index in [0.717, 1.165) is 45.0 Å². The summed E-state index contributed by atoms with van der Waals surface area (Å²) in [5.41, 5.74) is 0.882. The van der Waals surface area contributed by atoms with Crippen molar-refractivity contribution in [2.75, 3.05) is 40.0 Å². The summed E-state index contributed by atoms with van der Waals surface area (Å²) in [7, 11) is 1.75. The van der Waals surface area contributed by atoms with E-state index >= 15 is 0 Å². The molecule has 0 amide bonds. The molecule has 2 aliphatic rings. The van der Waals surface area contributed by atoms with Crippen LogP contribution < -0.4 is 5.32 Å². The normalized spacial score (nSPS) is 31.7. The Labute approximate surface area is 113 Å². The van der Waals surface area contributed by atoms with Crippen LogP contribution in [-0.2, 0) is 20.8 Å². The van der Waals surface area contributed by atoms with Gasteiger partial charge in [-0.2, -0.15) is 0 Å². The molecule has 0 bridgehead atoms. The average Bonchev–Trinajstić information content (AvgIpc) is 3.10. The Hall–Kier alpha value is -0.950. The van der Waals surface area contributed by atoms with Crippen molar-refractivity contribution in [2.45, 2.75) is 24.7 Å². The number of hydrogen-bond donors (Lipinski definition) is 1. The van der Waals surface area contributed by atoms with Crippen LogP contribution in [-0.4, -0.2) is 55.2 Å². The summed E-state index contributed by atoms with van der Waals surface area (Å²) in [4.78, 5) is 4.26. The minimum Gasteiger partial charge on any atom is -0.378 e. The van der Waals surface area contributed by atoms with E-state index in [1.54, 1.807) is 7.11 Å². The maximum absolute atomic E-state index is 5.80. The molecule has 2 fully saturated rings. The summed E-state index contributed by atoms with van der Waals surface area (Å²) >= 11 is 0.